The fourth-order valence-corrected chi connectivity index (χ4v) is 2.23. The van der Waals surface area contributed by atoms with Crippen LogP contribution < -0.4 is 0 Å². The number of ether oxygens (including phenoxy) is 2. The molecule has 1 saturated heterocycles. The Labute approximate surface area is 130 Å². The van der Waals surface area contributed by atoms with Crippen molar-refractivity contribution >= 4 is 11.9 Å². The van der Waals surface area contributed by atoms with E-state index in [2.05, 4.69) is 4.98 Å². The number of nitrogens with zero attached hydrogens (tertiary/aromatic N) is 2. The van der Waals surface area contributed by atoms with Crippen molar-refractivity contribution in [2.45, 2.75) is 38.8 Å². The van der Waals surface area contributed by atoms with Crippen molar-refractivity contribution in [3.05, 3.63) is 30.1 Å². The third-order valence-corrected chi connectivity index (χ3v) is 3.23. The minimum atomic E-state index is -0.565. The number of carbonyl (C=O) groups is 2. The van der Waals surface area contributed by atoms with Gasteiger partial charge in [-0.2, -0.15) is 0 Å². The number of aromatic nitrogens is 1. The van der Waals surface area contributed by atoms with Crippen molar-refractivity contribution in [2.75, 3.05) is 19.8 Å². The average molecular weight is 306 g/mol. The largest absolute Gasteiger partial charge is 0.444 e. The number of ketones is 1. The minimum absolute atomic E-state index is 0.107. The maximum atomic E-state index is 12.3. The van der Waals surface area contributed by atoms with Gasteiger partial charge in [0.2, 0.25) is 0 Å². The Kier molecular flexibility index (Phi) is 5.13. The van der Waals surface area contributed by atoms with E-state index in [1.807, 2.05) is 20.8 Å². The number of pyridine rings is 1. The highest BCUT2D eigenvalue weighted by Crippen LogP contribution is 2.17. The molecule has 1 fully saturated rings. The van der Waals surface area contributed by atoms with Crippen LogP contribution in [0.3, 0.4) is 0 Å². The van der Waals surface area contributed by atoms with Crippen LogP contribution in [0.1, 0.15) is 37.7 Å². The molecule has 6 nitrogen and oxygen atoms in total. The van der Waals surface area contributed by atoms with Gasteiger partial charge in [0.15, 0.2) is 5.78 Å². The molecule has 22 heavy (non-hydrogen) atoms. The molecule has 0 saturated carbocycles. The van der Waals surface area contributed by atoms with Crippen LogP contribution in [0.5, 0.6) is 0 Å². The Morgan fingerprint density at radius 1 is 1.41 bits per heavy atom. The van der Waals surface area contributed by atoms with Gasteiger partial charge in [-0.05, 0) is 32.9 Å². The van der Waals surface area contributed by atoms with Gasteiger partial charge in [-0.15, -0.1) is 0 Å². The highest BCUT2D eigenvalue weighted by Gasteiger charge is 2.32. The molecule has 0 aromatic carbocycles. The topological polar surface area (TPSA) is 68.7 Å². The highest BCUT2D eigenvalue weighted by molar-refractivity contribution is 5.94. The summed E-state index contributed by atoms with van der Waals surface area (Å²) in [5.41, 5.74) is -0.164. The first-order valence-corrected chi connectivity index (χ1v) is 7.38. The van der Waals surface area contributed by atoms with Gasteiger partial charge in [0.05, 0.1) is 19.3 Å². The van der Waals surface area contributed by atoms with E-state index in [9.17, 15) is 9.59 Å². The molecule has 2 rings (SSSR count). The molecule has 0 aliphatic carbocycles. The summed E-state index contributed by atoms with van der Waals surface area (Å²) in [4.78, 5) is 30.2. The van der Waals surface area contributed by atoms with Gasteiger partial charge in [-0.25, -0.2) is 4.79 Å². The number of amides is 1. The predicted octanol–water partition coefficient (Wildman–Crippen LogP) is 2.29. The van der Waals surface area contributed by atoms with E-state index in [0.29, 0.717) is 25.5 Å². The van der Waals surface area contributed by atoms with Crippen molar-refractivity contribution in [1.29, 1.82) is 0 Å². The van der Waals surface area contributed by atoms with E-state index < -0.39 is 11.7 Å². The second kappa shape index (κ2) is 6.87. The van der Waals surface area contributed by atoms with Crippen LogP contribution in [0.15, 0.2) is 24.4 Å². The van der Waals surface area contributed by atoms with E-state index in [0.717, 1.165) is 0 Å². The van der Waals surface area contributed by atoms with E-state index >= 15 is 0 Å². The Bertz CT molecular complexity index is 525. The van der Waals surface area contributed by atoms with Crippen LogP contribution in [0.2, 0.25) is 0 Å². The standard InChI is InChI=1S/C16H22N2O4/c1-16(2,3)22-15(20)18-8-9-21-11-12(18)10-14(19)13-6-4-5-7-17-13/h4-7,12H,8-11H2,1-3H3. The molecule has 0 N–H and O–H groups in total. The van der Waals surface area contributed by atoms with Crippen LogP contribution in [0.25, 0.3) is 0 Å². The molecule has 1 aliphatic heterocycles. The number of Topliss-reactive ketones (excluding diaryl/α,β-unsaturated/α-hetero) is 1. The van der Waals surface area contributed by atoms with Gasteiger partial charge in [-0.3, -0.25) is 9.78 Å². The average Bonchev–Trinajstić information content (AvgIpc) is 2.47. The Morgan fingerprint density at radius 2 is 2.18 bits per heavy atom. The first-order valence-electron chi connectivity index (χ1n) is 7.38. The molecular weight excluding hydrogens is 284 g/mol. The Balaban J connectivity index is 2.04. The van der Waals surface area contributed by atoms with Gasteiger partial charge in [0.25, 0.3) is 0 Å². The normalized spacial score (nSPS) is 18.9. The molecule has 0 bridgehead atoms. The smallest absolute Gasteiger partial charge is 0.410 e. The number of carbonyl (C=O) groups excluding carboxylic acids is 2. The monoisotopic (exact) mass is 306 g/mol. The molecule has 1 amide bonds. The third kappa shape index (κ3) is 4.53. The molecule has 120 valence electrons. The molecule has 1 aromatic rings. The van der Waals surface area contributed by atoms with Crippen LogP contribution in [0, 0.1) is 0 Å². The quantitative estimate of drug-likeness (QED) is 0.801. The molecule has 1 atom stereocenters. The van der Waals surface area contributed by atoms with E-state index in [-0.39, 0.29) is 18.2 Å². The first-order chi connectivity index (χ1) is 10.4. The zero-order valence-electron chi connectivity index (χ0n) is 13.2. The number of morpholine rings is 1. The molecule has 2 heterocycles. The van der Waals surface area contributed by atoms with E-state index in [4.69, 9.17) is 9.47 Å². The summed E-state index contributed by atoms with van der Waals surface area (Å²) < 4.78 is 10.8. The second-order valence-corrected chi connectivity index (χ2v) is 6.24. The van der Waals surface area contributed by atoms with Gasteiger partial charge in [0.1, 0.15) is 11.3 Å². The summed E-state index contributed by atoms with van der Waals surface area (Å²) in [5.74, 6) is -0.107. The van der Waals surface area contributed by atoms with E-state index in [1.54, 1.807) is 29.3 Å². The van der Waals surface area contributed by atoms with Crippen molar-refractivity contribution in [3.8, 4) is 0 Å². The lowest BCUT2D eigenvalue weighted by Gasteiger charge is -2.36. The predicted molar refractivity (Wildman–Crippen MR) is 80.7 cm³/mol. The summed E-state index contributed by atoms with van der Waals surface area (Å²) in [5, 5.41) is 0. The fourth-order valence-electron chi connectivity index (χ4n) is 2.23. The zero-order valence-corrected chi connectivity index (χ0v) is 13.2. The van der Waals surface area contributed by atoms with Crippen molar-refractivity contribution in [3.63, 3.8) is 0 Å². The van der Waals surface area contributed by atoms with Gasteiger partial charge < -0.3 is 14.4 Å². The summed E-state index contributed by atoms with van der Waals surface area (Å²) in [6.07, 6.45) is 1.35. The number of hydrogen-bond donors (Lipinski definition) is 0. The lowest BCUT2D eigenvalue weighted by atomic mass is 10.1. The molecule has 1 unspecified atom stereocenters. The van der Waals surface area contributed by atoms with Gasteiger partial charge in [-0.1, -0.05) is 6.07 Å². The minimum Gasteiger partial charge on any atom is -0.444 e. The SMILES string of the molecule is CC(C)(C)OC(=O)N1CCOCC1CC(=O)c1ccccn1. The summed E-state index contributed by atoms with van der Waals surface area (Å²) in [6.45, 7) is 6.67. The van der Waals surface area contributed by atoms with Crippen LogP contribution >= 0.6 is 0 Å². The van der Waals surface area contributed by atoms with Crippen molar-refractivity contribution < 1.29 is 19.1 Å². The molecule has 0 radical (unpaired) electrons. The molecular formula is C16H22N2O4. The van der Waals surface area contributed by atoms with Crippen LogP contribution in [0.4, 0.5) is 4.79 Å². The second-order valence-electron chi connectivity index (χ2n) is 6.24. The molecule has 6 heteroatoms. The summed E-state index contributed by atoms with van der Waals surface area (Å²) in [6, 6.07) is 4.87. The lowest BCUT2D eigenvalue weighted by molar-refractivity contribution is -0.0322. The lowest BCUT2D eigenvalue weighted by Crippen LogP contribution is -2.51. The zero-order chi connectivity index (χ0) is 16.2. The van der Waals surface area contributed by atoms with Crippen molar-refractivity contribution in [2.24, 2.45) is 0 Å². The Hall–Kier alpha value is -1.95. The maximum Gasteiger partial charge on any atom is 0.410 e. The molecule has 1 aliphatic rings. The first kappa shape index (κ1) is 16.4. The Morgan fingerprint density at radius 3 is 2.82 bits per heavy atom. The fraction of sp³-hybridized carbons (Fsp3) is 0.562. The maximum absolute atomic E-state index is 12.3. The summed E-state index contributed by atoms with van der Waals surface area (Å²) >= 11 is 0. The van der Waals surface area contributed by atoms with Gasteiger partial charge in [0, 0.05) is 19.2 Å². The highest BCUT2D eigenvalue weighted by atomic mass is 16.6. The van der Waals surface area contributed by atoms with E-state index in [1.165, 1.54) is 0 Å². The van der Waals surface area contributed by atoms with Crippen molar-refractivity contribution in [1.82, 2.24) is 9.88 Å². The van der Waals surface area contributed by atoms with Crippen LogP contribution in [-0.4, -0.2) is 53.2 Å². The molecule has 1 aromatic heterocycles. The molecule has 0 spiro atoms. The third-order valence-electron chi connectivity index (χ3n) is 3.23. The van der Waals surface area contributed by atoms with Gasteiger partial charge >= 0.3 is 6.09 Å². The van der Waals surface area contributed by atoms with Crippen LogP contribution in [-0.2, 0) is 9.47 Å². The summed E-state index contributed by atoms with van der Waals surface area (Å²) in [7, 11) is 0. The number of rotatable bonds is 3. The number of hydrogen-bond acceptors (Lipinski definition) is 5.